The van der Waals surface area contributed by atoms with Gasteiger partial charge in [0.25, 0.3) is 0 Å². The number of ether oxygens (including phenoxy) is 2. The molecule has 1 aromatic rings. The Kier molecular flexibility index (Phi) is 11.3. The Morgan fingerprint density at radius 2 is 1.65 bits per heavy atom. The Labute approximate surface area is 189 Å². The summed E-state index contributed by atoms with van der Waals surface area (Å²) < 4.78 is 17.3. The summed E-state index contributed by atoms with van der Waals surface area (Å²) in [5, 5.41) is 4.17. The van der Waals surface area contributed by atoms with Crippen LogP contribution in [0.3, 0.4) is 0 Å². The molecule has 6 nitrogen and oxygen atoms in total. The number of benzene rings is 1. The molecule has 1 aromatic carbocycles. The number of ketones is 1. The highest BCUT2D eigenvalue weighted by Crippen LogP contribution is 2.42. The second-order valence-corrected chi connectivity index (χ2v) is 14.3. The van der Waals surface area contributed by atoms with E-state index in [1.54, 1.807) is 26.5 Å². The molecule has 0 aliphatic rings. The van der Waals surface area contributed by atoms with Gasteiger partial charge in [-0.1, -0.05) is 53.6 Å². The number of nitrogens with zero attached hydrogens (tertiary/aromatic N) is 1. The molecule has 0 saturated heterocycles. The molecule has 0 spiro atoms. The van der Waals surface area contributed by atoms with Crippen LogP contribution in [0.1, 0.15) is 66.9 Å². The molecular formula is C24H41NO5Si. The van der Waals surface area contributed by atoms with Crippen LogP contribution in [0, 0.1) is 0 Å². The minimum absolute atomic E-state index is 0.136. The van der Waals surface area contributed by atoms with Crippen LogP contribution in [0.15, 0.2) is 23.4 Å². The molecule has 7 heteroatoms. The highest BCUT2D eigenvalue weighted by Gasteiger charge is 2.45. The molecule has 0 amide bonds. The molecular weight excluding hydrogens is 410 g/mol. The van der Waals surface area contributed by atoms with Gasteiger partial charge in [0.05, 0.1) is 27.0 Å². The topological polar surface area (TPSA) is 66.4 Å². The van der Waals surface area contributed by atoms with Crippen LogP contribution >= 0.6 is 0 Å². The van der Waals surface area contributed by atoms with Gasteiger partial charge in [0.1, 0.15) is 17.3 Å². The summed E-state index contributed by atoms with van der Waals surface area (Å²) in [4.78, 5) is 17.9. The Hall–Kier alpha value is -1.86. The summed E-state index contributed by atoms with van der Waals surface area (Å²) in [5.74, 6) is 1.47. The third kappa shape index (κ3) is 7.35. The summed E-state index contributed by atoms with van der Waals surface area (Å²) in [6.45, 7) is 15.7. The molecule has 31 heavy (non-hydrogen) atoms. The van der Waals surface area contributed by atoms with Gasteiger partial charge in [0, 0.05) is 24.5 Å². The smallest absolute Gasteiger partial charge is 0.200 e. The molecule has 0 N–H and O–H groups in total. The van der Waals surface area contributed by atoms with E-state index < -0.39 is 14.4 Å². The van der Waals surface area contributed by atoms with E-state index in [4.69, 9.17) is 18.7 Å². The molecule has 0 aliphatic carbocycles. The fraction of sp³-hybridized carbons (Fsp3) is 0.667. The van der Waals surface area contributed by atoms with Crippen molar-refractivity contribution in [3.05, 3.63) is 23.8 Å². The first-order valence-electron chi connectivity index (χ1n) is 11.2. The van der Waals surface area contributed by atoms with Gasteiger partial charge in [-0.15, -0.1) is 0 Å². The van der Waals surface area contributed by atoms with Crippen LogP contribution in [0.5, 0.6) is 11.5 Å². The van der Waals surface area contributed by atoms with Gasteiger partial charge < -0.3 is 18.7 Å². The minimum Gasteiger partial charge on any atom is -0.497 e. The van der Waals surface area contributed by atoms with Gasteiger partial charge in [0.2, 0.25) is 8.32 Å². The van der Waals surface area contributed by atoms with Gasteiger partial charge in [-0.25, -0.2) is 0 Å². The average Bonchev–Trinajstić information content (AvgIpc) is 2.72. The molecule has 0 aliphatic heterocycles. The van der Waals surface area contributed by atoms with Crippen molar-refractivity contribution in [1.29, 1.82) is 0 Å². The first kappa shape index (κ1) is 27.2. The molecule has 0 heterocycles. The van der Waals surface area contributed by atoms with Gasteiger partial charge in [-0.05, 0) is 28.8 Å². The molecule has 1 atom stereocenters. The van der Waals surface area contributed by atoms with Crippen molar-refractivity contribution in [2.75, 3.05) is 20.8 Å². The molecule has 176 valence electrons. The van der Waals surface area contributed by atoms with E-state index in [1.165, 1.54) is 0 Å². The van der Waals surface area contributed by atoms with E-state index in [-0.39, 0.29) is 12.2 Å². The zero-order valence-corrected chi connectivity index (χ0v) is 21.7. The van der Waals surface area contributed by atoms with Crippen molar-refractivity contribution in [1.82, 2.24) is 0 Å². The lowest BCUT2D eigenvalue weighted by Crippen LogP contribution is -2.49. The monoisotopic (exact) mass is 451 g/mol. The van der Waals surface area contributed by atoms with E-state index in [0.717, 1.165) is 5.56 Å². The van der Waals surface area contributed by atoms with Gasteiger partial charge in [-0.3, -0.25) is 4.79 Å². The van der Waals surface area contributed by atoms with Crippen LogP contribution in [-0.4, -0.2) is 47.2 Å². The van der Waals surface area contributed by atoms with E-state index in [1.807, 2.05) is 19.1 Å². The first-order chi connectivity index (χ1) is 14.6. The van der Waals surface area contributed by atoms with E-state index in [2.05, 4.69) is 46.7 Å². The number of carbonyl (C=O) groups excluding carboxylic acids is 1. The predicted octanol–water partition coefficient (Wildman–Crippen LogP) is 5.98. The van der Waals surface area contributed by atoms with Crippen LogP contribution in [-0.2, 0) is 14.1 Å². The minimum atomic E-state index is -2.06. The van der Waals surface area contributed by atoms with Crippen LogP contribution in [0.4, 0.5) is 0 Å². The van der Waals surface area contributed by atoms with Gasteiger partial charge in [-0.2, -0.15) is 0 Å². The Balaban J connectivity index is 3.00. The first-order valence-corrected chi connectivity index (χ1v) is 13.3. The number of oxime groups is 1. The number of methoxy groups -OCH3 is 2. The largest absolute Gasteiger partial charge is 0.497 e. The lowest BCUT2D eigenvalue weighted by atomic mass is 10.1. The second kappa shape index (κ2) is 12.9. The Bertz CT molecular complexity index is 696. The SMILES string of the molecule is CCC(=O)C[C@@H](CO[Si](C(C)C)(C(C)C)C(C)C)O/N=C/c1ccc(OC)cc1OC. The maximum Gasteiger partial charge on any atom is 0.200 e. The second-order valence-electron chi connectivity index (χ2n) is 8.79. The summed E-state index contributed by atoms with van der Waals surface area (Å²) in [7, 11) is 1.14. The van der Waals surface area contributed by atoms with Crippen molar-refractivity contribution >= 4 is 20.3 Å². The third-order valence-electron chi connectivity index (χ3n) is 5.92. The average molecular weight is 452 g/mol. The van der Waals surface area contributed by atoms with Crippen LogP contribution in [0.2, 0.25) is 16.6 Å². The maximum absolute atomic E-state index is 12.1. The number of hydrogen-bond donors (Lipinski definition) is 0. The molecule has 0 bridgehead atoms. The fourth-order valence-electron chi connectivity index (χ4n) is 4.36. The Morgan fingerprint density at radius 1 is 1.03 bits per heavy atom. The van der Waals surface area contributed by atoms with Crippen molar-refractivity contribution < 1.29 is 23.5 Å². The molecule has 0 unspecified atom stereocenters. The molecule has 1 rings (SSSR count). The standard InChI is InChI=1S/C24H41NO5Si/c1-10-21(26)13-23(16-29-31(17(2)3,18(4)5)19(6)7)30-25-15-20-11-12-22(27-8)14-24(20)28-9/h11-12,14-15,17-19,23H,10,13,16H2,1-9H3/b25-15+/t23-/m0/s1. The molecule has 0 fully saturated rings. The molecule has 0 radical (unpaired) electrons. The number of hydrogen-bond acceptors (Lipinski definition) is 6. The van der Waals surface area contributed by atoms with Crippen molar-refractivity contribution in [2.24, 2.45) is 5.16 Å². The fourth-order valence-corrected chi connectivity index (χ4v) is 9.84. The van der Waals surface area contributed by atoms with Crippen LogP contribution < -0.4 is 9.47 Å². The zero-order chi connectivity index (χ0) is 23.6. The Morgan fingerprint density at radius 3 is 2.13 bits per heavy atom. The summed E-state index contributed by atoms with van der Waals surface area (Å²) >= 11 is 0. The number of Topliss-reactive ketones (excluding diaryl/α,β-unsaturated/α-hetero) is 1. The molecule has 0 aromatic heterocycles. The van der Waals surface area contributed by atoms with Crippen molar-refractivity contribution in [2.45, 2.75) is 84.0 Å². The lowest BCUT2D eigenvalue weighted by molar-refractivity contribution is -0.122. The summed E-state index contributed by atoms with van der Waals surface area (Å²) in [6.07, 6.45) is 1.93. The quantitative estimate of drug-likeness (QED) is 0.198. The van der Waals surface area contributed by atoms with Crippen molar-refractivity contribution in [3.8, 4) is 11.5 Å². The normalized spacial score (nSPS) is 13.3. The molecule has 0 saturated carbocycles. The van der Waals surface area contributed by atoms with E-state index in [9.17, 15) is 4.79 Å². The maximum atomic E-state index is 12.1. The van der Waals surface area contributed by atoms with E-state index in [0.29, 0.717) is 41.2 Å². The van der Waals surface area contributed by atoms with Gasteiger partial charge in [0.15, 0.2) is 6.10 Å². The van der Waals surface area contributed by atoms with Gasteiger partial charge >= 0.3 is 0 Å². The lowest BCUT2D eigenvalue weighted by Gasteiger charge is -2.42. The highest BCUT2D eigenvalue weighted by atomic mass is 28.4. The summed E-state index contributed by atoms with van der Waals surface area (Å²) in [6, 6.07) is 5.47. The highest BCUT2D eigenvalue weighted by molar-refractivity contribution is 6.77. The third-order valence-corrected chi connectivity index (χ3v) is 12.0. The predicted molar refractivity (Wildman–Crippen MR) is 129 cm³/mol. The zero-order valence-electron chi connectivity index (χ0n) is 20.7. The number of rotatable bonds is 14. The van der Waals surface area contributed by atoms with E-state index >= 15 is 0 Å². The number of carbonyl (C=O) groups is 1. The van der Waals surface area contributed by atoms with Crippen molar-refractivity contribution in [3.63, 3.8) is 0 Å². The van der Waals surface area contributed by atoms with Crippen LogP contribution in [0.25, 0.3) is 0 Å². The summed E-state index contributed by atoms with van der Waals surface area (Å²) in [5.41, 5.74) is 2.14.